The Hall–Kier alpha value is -3.86. The van der Waals surface area contributed by atoms with Gasteiger partial charge in [0.2, 0.25) is 0 Å². The molecule has 3 rings (SSSR count). The summed E-state index contributed by atoms with van der Waals surface area (Å²) in [5.74, 6) is -0.0133. The average Bonchev–Trinajstić information content (AvgIpc) is 3.26. The van der Waals surface area contributed by atoms with E-state index in [-0.39, 0.29) is 17.8 Å². The van der Waals surface area contributed by atoms with E-state index in [1.807, 2.05) is 14.0 Å². The second-order valence-corrected chi connectivity index (χ2v) is 8.24. The Balaban J connectivity index is 1.49. The lowest BCUT2D eigenvalue weighted by Gasteiger charge is -2.16. The molecule has 0 aliphatic carbocycles. The van der Waals surface area contributed by atoms with Gasteiger partial charge in [-0.3, -0.25) is 4.79 Å². The molecule has 10 nitrogen and oxygen atoms in total. The van der Waals surface area contributed by atoms with Crippen LogP contribution in [0.2, 0.25) is 0 Å². The monoisotopic (exact) mass is 482 g/mol. The fraction of sp³-hybridized carbons (Fsp3) is 0.375. The number of aryl methyl sites for hydroxylation is 1. The molecule has 0 bridgehead atoms. The van der Waals surface area contributed by atoms with Crippen LogP contribution in [0.5, 0.6) is 0 Å². The van der Waals surface area contributed by atoms with E-state index in [2.05, 4.69) is 36.4 Å². The molecule has 0 radical (unpaired) electrons. The average molecular weight is 483 g/mol. The molecule has 0 atom stereocenters. The van der Waals surface area contributed by atoms with Gasteiger partial charge in [0.15, 0.2) is 5.82 Å². The molecular weight excluding hydrogens is 451 g/mol. The molecule has 3 amide bonds. The standard InChI is InChI=1S/C24H31FN8O2/c1-4-26-23(34)19-13-18(22-29-30-31-33(22)3)14-21(15-19)28-24(35)27-11-5-6-12-32(2)16-17-7-9-20(25)10-8-17/h7-10,13-15H,4-6,11-12,16H2,1-3H3,(H,26,34)(H2,27,28,35). The minimum atomic E-state index is -0.361. The lowest BCUT2D eigenvalue weighted by atomic mass is 10.1. The van der Waals surface area contributed by atoms with Crippen molar-refractivity contribution in [2.24, 2.45) is 7.05 Å². The Bertz CT molecular complexity index is 1130. The zero-order chi connectivity index (χ0) is 25.2. The van der Waals surface area contributed by atoms with Crippen LogP contribution in [0.3, 0.4) is 0 Å². The van der Waals surface area contributed by atoms with Crippen molar-refractivity contribution < 1.29 is 14.0 Å². The van der Waals surface area contributed by atoms with Gasteiger partial charge in [0.1, 0.15) is 5.82 Å². The van der Waals surface area contributed by atoms with Crippen LogP contribution in [0.4, 0.5) is 14.9 Å². The fourth-order valence-corrected chi connectivity index (χ4v) is 3.56. The number of aromatic nitrogens is 4. The van der Waals surface area contributed by atoms with E-state index in [9.17, 15) is 14.0 Å². The summed E-state index contributed by atoms with van der Waals surface area (Å²) in [6.07, 6.45) is 1.70. The summed E-state index contributed by atoms with van der Waals surface area (Å²) in [4.78, 5) is 27.0. The van der Waals surface area contributed by atoms with Crippen LogP contribution in [0.1, 0.15) is 35.7 Å². The van der Waals surface area contributed by atoms with Crippen LogP contribution >= 0.6 is 0 Å². The zero-order valence-electron chi connectivity index (χ0n) is 20.2. The Kier molecular flexibility index (Phi) is 9.24. The summed E-state index contributed by atoms with van der Waals surface area (Å²) in [7, 11) is 3.71. The van der Waals surface area contributed by atoms with Gasteiger partial charge >= 0.3 is 6.03 Å². The molecule has 3 N–H and O–H groups in total. The van der Waals surface area contributed by atoms with Crippen molar-refractivity contribution in [3.63, 3.8) is 0 Å². The van der Waals surface area contributed by atoms with Crippen LogP contribution in [0.15, 0.2) is 42.5 Å². The minimum absolute atomic E-state index is 0.237. The molecule has 0 saturated carbocycles. The van der Waals surface area contributed by atoms with Gasteiger partial charge in [0.05, 0.1) is 0 Å². The number of urea groups is 1. The van der Waals surface area contributed by atoms with Gasteiger partial charge in [-0.05, 0) is 79.7 Å². The lowest BCUT2D eigenvalue weighted by molar-refractivity contribution is 0.0956. The van der Waals surface area contributed by atoms with Gasteiger partial charge in [0.25, 0.3) is 5.91 Å². The highest BCUT2D eigenvalue weighted by atomic mass is 19.1. The molecular formula is C24H31FN8O2. The first kappa shape index (κ1) is 25.8. The number of carbonyl (C=O) groups excluding carboxylic acids is 2. The summed E-state index contributed by atoms with van der Waals surface area (Å²) in [5.41, 5.74) is 2.52. The van der Waals surface area contributed by atoms with Crippen LogP contribution in [0.25, 0.3) is 11.4 Å². The smallest absolute Gasteiger partial charge is 0.319 e. The zero-order valence-corrected chi connectivity index (χ0v) is 20.2. The molecule has 1 heterocycles. The van der Waals surface area contributed by atoms with Gasteiger partial charge in [0, 0.05) is 43.5 Å². The van der Waals surface area contributed by atoms with Gasteiger partial charge in [-0.15, -0.1) is 5.10 Å². The Morgan fingerprint density at radius 2 is 1.86 bits per heavy atom. The normalized spacial score (nSPS) is 10.9. The molecule has 186 valence electrons. The topological polar surface area (TPSA) is 117 Å². The third kappa shape index (κ3) is 7.85. The Morgan fingerprint density at radius 3 is 2.54 bits per heavy atom. The third-order valence-electron chi connectivity index (χ3n) is 5.29. The van der Waals surface area contributed by atoms with Crippen molar-refractivity contribution in [2.45, 2.75) is 26.3 Å². The highest BCUT2D eigenvalue weighted by molar-refractivity contribution is 5.98. The van der Waals surface area contributed by atoms with E-state index in [1.165, 1.54) is 16.8 Å². The van der Waals surface area contributed by atoms with Crippen molar-refractivity contribution in [1.82, 2.24) is 35.7 Å². The van der Waals surface area contributed by atoms with Gasteiger partial charge in [-0.2, -0.15) is 0 Å². The molecule has 2 aromatic carbocycles. The molecule has 0 unspecified atom stereocenters. The van der Waals surface area contributed by atoms with E-state index in [1.54, 1.807) is 37.4 Å². The molecule has 0 fully saturated rings. The van der Waals surface area contributed by atoms with Crippen molar-refractivity contribution >= 4 is 17.6 Å². The first-order valence-corrected chi connectivity index (χ1v) is 11.5. The minimum Gasteiger partial charge on any atom is -0.352 e. The van der Waals surface area contributed by atoms with Crippen LogP contribution in [0, 0.1) is 5.82 Å². The molecule has 0 spiro atoms. The number of amides is 3. The van der Waals surface area contributed by atoms with Crippen molar-refractivity contribution in [3.8, 4) is 11.4 Å². The summed E-state index contributed by atoms with van der Waals surface area (Å²) in [5, 5.41) is 19.8. The number of unbranched alkanes of at least 4 members (excludes halogenated alkanes) is 1. The molecule has 35 heavy (non-hydrogen) atoms. The van der Waals surface area contributed by atoms with Crippen LogP contribution in [-0.2, 0) is 13.6 Å². The molecule has 0 aliphatic heterocycles. The molecule has 11 heteroatoms. The quantitative estimate of drug-likeness (QED) is 0.362. The summed E-state index contributed by atoms with van der Waals surface area (Å²) in [6, 6.07) is 11.1. The number of halogens is 1. The van der Waals surface area contributed by atoms with Crippen LogP contribution in [-0.4, -0.2) is 63.7 Å². The lowest BCUT2D eigenvalue weighted by Crippen LogP contribution is -2.30. The van der Waals surface area contributed by atoms with E-state index < -0.39 is 0 Å². The van der Waals surface area contributed by atoms with E-state index in [0.717, 1.165) is 31.5 Å². The molecule has 0 aliphatic rings. The number of nitrogens with zero attached hydrogens (tertiary/aromatic N) is 5. The first-order valence-electron chi connectivity index (χ1n) is 11.5. The first-order chi connectivity index (χ1) is 16.9. The summed E-state index contributed by atoms with van der Waals surface area (Å²) >= 11 is 0. The van der Waals surface area contributed by atoms with Crippen molar-refractivity contribution in [1.29, 1.82) is 0 Å². The number of nitrogens with one attached hydrogen (secondary N) is 3. The SMILES string of the molecule is CCNC(=O)c1cc(NC(=O)NCCCCN(C)Cc2ccc(F)cc2)cc(-c2nnnn2C)c1. The predicted molar refractivity (Wildman–Crippen MR) is 131 cm³/mol. The number of anilines is 1. The second kappa shape index (κ2) is 12.6. The highest BCUT2D eigenvalue weighted by Crippen LogP contribution is 2.23. The van der Waals surface area contributed by atoms with Crippen LogP contribution < -0.4 is 16.0 Å². The molecule has 0 saturated heterocycles. The highest BCUT2D eigenvalue weighted by Gasteiger charge is 2.14. The molecule has 3 aromatic rings. The van der Waals surface area contributed by atoms with Gasteiger partial charge < -0.3 is 20.9 Å². The maximum absolute atomic E-state index is 13.0. The van der Waals surface area contributed by atoms with Crippen molar-refractivity contribution in [3.05, 3.63) is 59.4 Å². The maximum atomic E-state index is 13.0. The number of carbonyl (C=O) groups is 2. The van der Waals surface area contributed by atoms with Gasteiger partial charge in [-0.25, -0.2) is 13.9 Å². The largest absolute Gasteiger partial charge is 0.352 e. The second-order valence-electron chi connectivity index (χ2n) is 8.24. The van der Waals surface area contributed by atoms with Crippen molar-refractivity contribution in [2.75, 3.05) is 32.0 Å². The van der Waals surface area contributed by atoms with E-state index >= 15 is 0 Å². The predicted octanol–water partition coefficient (Wildman–Crippen LogP) is 2.80. The van der Waals surface area contributed by atoms with E-state index in [0.29, 0.717) is 35.7 Å². The van der Waals surface area contributed by atoms with E-state index in [4.69, 9.17) is 0 Å². The maximum Gasteiger partial charge on any atom is 0.319 e. The van der Waals surface area contributed by atoms with Gasteiger partial charge in [-0.1, -0.05) is 12.1 Å². The number of tetrazole rings is 1. The number of hydrogen-bond acceptors (Lipinski definition) is 6. The third-order valence-corrected chi connectivity index (χ3v) is 5.29. The number of hydrogen-bond donors (Lipinski definition) is 3. The Labute approximate surface area is 203 Å². The number of rotatable bonds is 11. The molecule has 1 aromatic heterocycles. The fourth-order valence-electron chi connectivity index (χ4n) is 3.56. The Morgan fingerprint density at radius 1 is 1.09 bits per heavy atom. The number of benzene rings is 2. The summed E-state index contributed by atoms with van der Waals surface area (Å²) < 4.78 is 14.5. The summed E-state index contributed by atoms with van der Waals surface area (Å²) in [6.45, 7) is 4.41.